The second-order valence-corrected chi connectivity index (χ2v) is 3.26. The van der Waals surface area contributed by atoms with Crippen molar-refractivity contribution < 1.29 is 9.59 Å². The summed E-state index contributed by atoms with van der Waals surface area (Å²) in [5.74, 6) is 0. The zero-order valence-electron chi connectivity index (χ0n) is 8.50. The van der Waals surface area contributed by atoms with E-state index in [1.54, 1.807) is 0 Å². The lowest BCUT2D eigenvalue weighted by molar-refractivity contribution is -0.110. The first-order valence-corrected chi connectivity index (χ1v) is 5.01. The first-order valence-electron chi connectivity index (χ1n) is 5.01. The standard InChI is InChI=1S/C10H19N2O2/c1-10(12-9-14)6-4-2-3-5-7-11-8-13/h8-10H,1-7H2,(H,11,13)(H,12,14). The topological polar surface area (TPSA) is 58.2 Å². The third kappa shape index (κ3) is 9.03. The molecule has 0 aromatic heterocycles. The summed E-state index contributed by atoms with van der Waals surface area (Å²) in [6.07, 6.45) is 6.63. The van der Waals surface area contributed by atoms with Crippen LogP contribution in [0.2, 0.25) is 0 Å². The van der Waals surface area contributed by atoms with Crippen molar-refractivity contribution in [3.05, 3.63) is 6.92 Å². The normalized spacial score (nSPS) is 11.8. The van der Waals surface area contributed by atoms with E-state index in [1.165, 1.54) is 0 Å². The Morgan fingerprint density at radius 2 is 1.79 bits per heavy atom. The molecule has 0 aliphatic rings. The Hall–Kier alpha value is -1.06. The van der Waals surface area contributed by atoms with Crippen molar-refractivity contribution in [2.24, 2.45) is 0 Å². The molecular formula is C10H19N2O2. The molecule has 1 unspecified atom stereocenters. The number of unbranched alkanes of at least 4 members (excludes halogenated alkanes) is 3. The number of amides is 2. The van der Waals surface area contributed by atoms with Gasteiger partial charge in [-0.25, -0.2) is 0 Å². The monoisotopic (exact) mass is 199 g/mol. The molecule has 81 valence electrons. The molecule has 4 heteroatoms. The van der Waals surface area contributed by atoms with Gasteiger partial charge in [-0.1, -0.05) is 19.3 Å². The van der Waals surface area contributed by atoms with Gasteiger partial charge in [-0.05, 0) is 19.8 Å². The van der Waals surface area contributed by atoms with E-state index in [2.05, 4.69) is 17.6 Å². The molecule has 0 aromatic rings. The average molecular weight is 199 g/mol. The number of rotatable bonds is 10. The Labute approximate surface area is 85.4 Å². The zero-order chi connectivity index (χ0) is 10.6. The summed E-state index contributed by atoms with van der Waals surface area (Å²) in [4.78, 5) is 19.9. The molecule has 0 saturated carbocycles. The number of hydrogen-bond donors (Lipinski definition) is 2. The second-order valence-electron chi connectivity index (χ2n) is 3.26. The van der Waals surface area contributed by atoms with Crippen molar-refractivity contribution in [2.45, 2.75) is 38.1 Å². The van der Waals surface area contributed by atoms with E-state index in [-0.39, 0.29) is 6.04 Å². The van der Waals surface area contributed by atoms with Crippen LogP contribution in [-0.4, -0.2) is 25.4 Å². The highest BCUT2D eigenvalue weighted by molar-refractivity contribution is 5.46. The van der Waals surface area contributed by atoms with Crippen molar-refractivity contribution in [1.29, 1.82) is 0 Å². The summed E-state index contributed by atoms with van der Waals surface area (Å²) in [7, 11) is 0. The second kappa shape index (κ2) is 10.0. The van der Waals surface area contributed by atoms with E-state index in [4.69, 9.17) is 0 Å². The summed E-state index contributed by atoms with van der Waals surface area (Å²) in [5, 5.41) is 5.22. The molecule has 1 atom stereocenters. The van der Waals surface area contributed by atoms with Crippen LogP contribution in [0.4, 0.5) is 0 Å². The Bertz CT molecular complexity index is 151. The van der Waals surface area contributed by atoms with Gasteiger partial charge in [-0.2, -0.15) is 0 Å². The molecule has 0 rings (SSSR count). The molecule has 1 radical (unpaired) electrons. The largest absolute Gasteiger partial charge is 0.359 e. The molecule has 0 aliphatic heterocycles. The summed E-state index contributed by atoms with van der Waals surface area (Å²) >= 11 is 0. The van der Waals surface area contributed by atoms with Gasteiger partial charge >= 0.3 is 0 Å². The minimum absolute atomic E-state index is 0.0283. The van der Waals surface area contributed by atoms with Crippen LogP contribution in [0.3, 0.4) is 0 Å². The van der Waals surface area contributed by atoms with Gasteiger partial charge in [0.15, 0.2) is 0 Å². The van der Waals surface area contributed by atoms with Crippen molar-refractivity contribution in [3.8, 4) is 0 Å². The van der Waals surface area contributed by atoms with E-state index in [1.807, 2.05) is 0 Å². The Morgan fingerprint density at radius 1 is 1.07 bits per heavy atom. The Balaban J connectivity index is 3.04. The van der Waals surface area contributed by atoms with E-state index in [0.717, 1.165) is 45.1 Å². The average Bonchev–Trinajstić information content (AvgIpc) is 2.17. The SMILES string of the molecule is [CH2]C(CCCCCCNC=O)NC=O. The van der Waals surface area contributed by atoms with Gasteiger partial charge in [0.05, 0.1) is 0 Å². The smallest absolute Gasteiger partial charge is 0.207 e. The molecule has 4 nitrogen and oxygen atoms in total. The molecule has 0 aliphatic carbocycles. The van der Waals surface area contributed by atoms with Gasteiger partial charge in [0, 0.05) is 12.6 Å². The maximum absolute atomic E-state index is 10.0. The van der Waals surface area contributed by atoms with Crippen LogP contribution in [0.1, 0.15) is 32.1 Å². The fourth-order valence-electron chi connectivity index (χ4n) is 1.21. The predicted molar refractivity (Wildman–Crippen MR) is 55.5 cm³/mol. The van der Waals surface area contributed by atoms with E-state index >= 15 is 0 Å². The van der Waals surface area contributed by atoms with E-state index < -0.39 is 0 Å². The molecule has 14 heavy (non-hydrogen) atoms. The van der Waals surface area contributed by atoms with Gasteiger partial charge < -0.3 is 10.6 Å². The van der Waals surface area contributed by atoms with Crippen LogP contribution in [0.15, 0.2) is 0 Å². The van der Waals surface area contributed by atoms with Crippen LogP contribution in [0.25, 0.3) is 0 Å². The summed E-state index contributed by atoms with van der Waals surface area (Å²) in [6.45, 7) is 4.53. The number of nitrogens with one attached hydrogen (secondary N) is 2. The number of carbonyl (C=O) groups is 2. The lowest BCUT2D eigenvalue weighted by atomic mass is 10.1. The minimum atomic E-state index is 0.0283. The molecule has 0 saturated heterocycles. The maximum atomic E-state index is 10.0. The third-order valence-electron chi connectivity index (χ3n) is 2.01. The van der Waals surface area contributed by atoms with Crippen LogP contribution >= 0.6 is 0 Å². The molecule has 0 heterocycles. The quantitative estimate of drug-likeness (QED) is 0.400. The van der Waals surface area contributed by atoms with E-state index in [9.17, 15) is 9.59 Å². The molecule has 0 bridgehead atoms. The fourth-order valence-corrected chi connectivity index (χ4v) is 1.21. The first kappa shape index (κ1) is 12.9. The van der Waals surface area contributed by atoms with Gasteiger partial charge in [0.1, 0.15) is 0 Å². The first-order chi connectivity index (χ1) is 6.81. The number of carbonyl (C=O) groups excluding carboxylic acids is 2. The molecule has 0 aromatic carbocycles. The van der Waals surface area contributed by atoms with Crippen LogP contribution in [-0.2, 0) is 9.59 Å². The Kier molecular flexibility index (Phi) is 9.26. The van der Waals surface area contributed by atoms with Crippen molar-refractivity contribution in [1.82, 2.24) is 10.6 Å². The lowest BCUT2D eigenvalue weighted by Gasteiger charge is -2.08. The molecule has 0 spiro atoms. The maximum Gasteiger partial charge on any atom is 0.207 e. The predicted octanol–water partition coefficient (Wildman–Crippen LogP) is 0.632. The van der Waals surface area contributed by atoms with Crippen LogP contribution in [0, 0.1) is 6.92 Å². The molecular weight excluding hydrogens is 180 g/mol. The molecule has 0 fully saturated rings. The van der Waals surface area contributed by atoms with E-state index in [0.29, 0.717) is 6.41 Å². The van der Waals surface area contributed by atoms with Crippen molar-refractivity contribution in [3.63, 3.8) is 0 Å². The zero-order valence-corrected chi connectivity index (χ0v) is 8.50. The fraction of sp³-hybridized carbons (Fsp3) is 0.700. The minimum Gasteiger partial charge on any atom is -0.359 e. The Morgan fingerprint density at radius 3 is 2.43 bits per heavy atom. The highest BCUT2D eigenvalue weighted by atomic mass is 16.1. The summed E-state index contributed by atoms with van der Waals surface area (Å²) < 4.78 is 0. The summed E-state index contributed by atoms with van der Waals surface area (Å²) in [5.41, 5.74) is 0. The van der Waals surface area contributed by atoms with Gasteiger partial charge in [0.2, 0.25) is 12.8 Å². The lowest BCUT2D eigenvalue weighted by Crippen LogP contribution is -2.24. The van der Waals surface area contributed by atoms with Crippen molar-refractivity contribution in [2.75, 3.05) is 6.54 Å². The van der Waals surface area contributed by atoms with Gasteiger partial charge in [0.25, 0.3) is 0 Å². The van der Waals surface area contributed by atoms with Crippen LogP contribution < -0.4 is 10.6 Å². The highest BCUT2D eigenvalue weighted by Gasteiger charge is 1.98. The van der Waals surface area contributed by atoms with Crippen molar-refractivity contribution >= 4 is 12.8 Å². The van der Waals surface area contributed by atoms with Crippen LogP contribution in [0.5, 0.6) is 0 Å². The molecule has 2 N–H and O–H groups in total. The third-order valence-corrected chi connectivity index (χ3v) is 2.01. The van der Waals surface area contributed by atoms with Gasteiger partial charge in [-0.15, -0.1) is 0 Å². The highest BCUT2D eigenvalue weighted by Crippen LogP contribution is 2.04. The number of hydrogen-bond acceptors (Lipinski definition) is 2. The van der Waals surface area contributed by atoms with Gasteiger partial charge in [-0.3, -0.25) is 9.59 Å². The summed E-state index contributed by atoms with van der Waals surface area (Å²) in [6, 6.07) is 0.0283. The molecule has 2 amide bonds.